The van der Waals surface area contributed by atoms with Crippen LogP contribution in [-0.2, 0) is 34.0 Å². The Morgan fingerprint density at radius 1 is 0.543 bits per heavy atom. The van der Waals surface area contributed by atoms with Crippen molar-refractivity contribution in [3.63, 3.8) is 0 Å². The van der Waals surface area contributed by atoms with Crippen LogP contribution >= 0.6 is 0 Å². The molecule has 0 aromatic carbocycles. The molecule has 3 amide bonds. The van der Waals surface area contributed by atoms with Crippen LogP contribution < -0.4 is 20.9 Å². The zero-order valence-electron chi connectivity index (χ0n) is 23.2. The summed E-state index contributed by atoms with van der Waals surface area (Å²) in [4.78, 5) is 34.1. The lowest BCUT2D eigenvalue weighted by atomic mass is 10.4. The molecule has 254 valence electrons. The van der Waals surface area contributed by atoms with Crippen molar-refractivity contribution < 1.29 is 53.9 Å². The quantitative estimate of drug-likeness (QED) is 0.156. The van der Waals surface area contributed by atoms with Gasteiger partial charge in [0.15, 0.2) is 17.5 Å². The number of hydrogen-bond acceptors (Lipinski definition) is 10. The standard InChI is InChI=1S/C21H24F9N13O3/c22-19(23,24)16(44)31-4-1-7-40-10-13(34-37-40)43(14-11-41(38-35-14)8-2-5-32-17(45)20(25,26)27)15-12-42(39-36-15)9-3-6-33-18(46)21(28,29)30/h10-12H,1-9H2,(H,31,44)(H,32,45)(H,33,46). The maximum atomic E-state index is 12.4. The van der Waals surface area contributed by atoms with Gasteiger partial charge in [-0.25, -0.2) is 0 Å². The van der Waals surface area contributed by atoms with Crippen molar-refractivity contribution in [3.05, 3.63) is 18.6 Å². The molecule has 0 fully saturated rings. The number of rotatable bonds is 15. The molecule has 0 saturated carbocycles. The molecule has 46 heavy (non-hydrogen) atoms. The molecule has 3 heterocycles. The first-order chi connectivity index (χ1) is 21.4. The average molecular weight is 677 g/mol. The Bertz CT molecular complexity index is 1290. The van der Waals surface area contributed by atoms with Crippen LogP contribution in [0.5, 0.6) is 0 Å². The minimum atomic E-state index is -5.04. The monoisotopic (exact) mass is 677 g/mol. The summed E-state index contributed by atoms with van der Waals surface area (Å²) < 4.78 is 115. The number of carbonyl (C=O) groups excluding carboxylic acids is 3. The minimum Gasteiger partial charge on any atom is -0.348 e. The number of nitrogens with zero attached hydrogens (tertiary/aromatic N) is 10. The van der Waals surface area contributed by atoms with Crippen molar-refractivity contribution in [1.29, 1.82) is 0 Å². The van der Waals surface area contributed by atoms with Crippen molar-refractivity contribution >= 4 is 35.2 Å². The minimum absolute atomic E-state index is 0.0195. The maximum absolute atomic E-state index is 12.4. The molecule has 3 rings (SSSR count). The van der Waals surface area contributed by atoms with Crippen molar-refractivity contribution in [2.75, 3.05) is 24.5 Å². The number of hydrogen-bond donors (Lipinski definition) is 3. The van der Waals surface area contributed by atoms with E-state index in [1.807, 2.05) is 0 Å². The van der Waals surface area contributed by atoms with Crippen molar-refractivity contribution in [3.8, 4) is 0 Å². The average Bonchev–Trinajstić information content (AvgIpc) is 3.72. The number of aryl methyl sites for hydroxylation is 3. The van der Waals surface area contributed by atoms with E-state index in [4.69, 9.17) is 0 Å². The second-order valence-electron chi connectivity index (χ2n) is 9.18. The molecule has 0 aliphatic heterocycles. The summed E-state index contributed by atoms with van der Waals surface area (Å²) in [5, 5.41) is 28.7. The smallest absolute Gasteiger partial charge is 0.348 e. The van der Waals surface area contributed by atoms with Gasteiger partial charge in [0, 0.05) is 39.3 Å². The predicted molar refractivity (Wildman–Crippen MR) is 133 cm³/mol. The number of nitrogens with one attached hydrogen (secondary N) is 3. The molecule has 3 aromatic heterocycles. The van der Waals surface area contributed by atoms with Crippen molar-refractivity contribution in [1.82, 2.24) is 60.9 Å². The molecule has 0 spiro atoms. The molecule has 0 unspecified atom stereocenters. The topological polar surface area (TPSA) is 183 Å². The van der Waals surface area contributed by atoms with E-state index in [9.17, 15) is 53.9 Å². The zero-order chi connectivity index (χ0) is 34.1. The van der Waals surface area contributed by atoms with E-state index in [1.54, 1.807) is 16.0 Å². The number of carbonyl (C=O) groups is 3. The summed E-state index contributed by atoms with van der Waals surface area (Å²) in [6.45, 7) is -0.921. The molecule has 0 aliphatic rings. The Labute approximate surface area is 251 Å². The second kappa shape index (κ2) is 14.9. The summed E-state index contributed by atoms with van der Waals surface area (Å²) in [5.41, 5.74) is 0. The largest absolute Gasteiger partial charge is 0.471 e. The van der Waals surface area contributed by atoms with E-state index in [1.165, 1.54) is 37.5 Å². The highest BCUT2D eigenvalue weighted by Gasteiger charge is 2.39. The number of alkyl halides is 9. The van der Waals surface area contributed by atoms with Gasteiger partial charge in [-0.15, -0.1) is 15.3 Å². The lowest BCUT2D eigenvalue weighted by molar-refractivity contribution is -0.173. The van der Waals surface area contributed by atoms with E-state index in [0.29, 0.717) is 0 Å². The molecule has 3 N–H and O–H groups in total. The van der Waals surface area contributed by atoms with Crippen LogP contribution in [0.1, 0.15) is 19.3 Å². The van der Waals surface area contributed by atoms with Crippen LogP contribution in [0.2, 0.25) is 0 Å². The number of halogens is 9. The van der Waals surface area contributed by atoms with Crippen LogP contribution in [0.15, 0.2) is 18.6 Å². The Kier molecular flexibility index (Phi) is 11.5. The van der Waals surface area contributed by atoms with Gasteiger partial charge in [0.25, 0.3) is 0 Å². The van der Waals surface area contributed by atoms with Crippen LogP contribution in [0.4, 0.5) is 57.0 Å². The van der Waals surface area contributed by atoms with Gasteiger partial charge in [0.2, 0.25) is 0 Å². The highest BCUT2D eigenvalue weighted by Crippen LogP contribution is 2.29. The Balaban J connectivity index is 1.70. The highest BCUT2D eigenvalue weighted by atomic mass is 19.4. The fourth-order valence-electron chi connectivity index (χ4n) is 3.48. The summed E-state index contributed by atoms with van der Waals surface area (Å²) in [6.07, 6.45) is -11.0. The van der Waals surface area contributed by atoms with Gasteiger partial charge in [-0.2, -0.15) is 39.5 Å². The van der Waals surface area contributed by atoms with E-state index in [2.05, 4.69) is 30.9 Å². The van der Waals surface area contributed by atoms with Gasteiger partial charge in [-0.3, -0.25) is 33.3 Å². The molecule has 3 aromatic rings. The van der Waals surface area contributed by atoms with Gasteiger partial charge in [0.05, 0.1) is 18.6 Å². The predicted octanol–water partition coefficient (Wildman–Crippen LogP) is 1.14. The van der Waals surface area contributed by atoms with Crippen LogP contribution in [0.3, 0.4) is 0 Å². The molecule has 0 radical (unpaired) electrons. The third-order valence-corrected chi connectivity index (χ3v) is 5.59. The van der Waals surface area contributed by atoms with E-state index in [-0.39, 0.29) is 76.0 Å². The zero-order valence-corrected chi connectivity index (χ0v) is 23.2. The Morgan fingerprint density at radius 2 is 0.804 bits per heavy atom. The van der Waals surface area contributed by atoms with Gasteiger partial charge in [-0.05, 0) is 19.3 Å². The lowest BCUT2D eigenvalue weighted by Gasteiger charge is -2.14. The van der Waals surface area contributed by atoms with E-state index < -0.39 is 36.3 Å². The SMILES string of the molecule is O=C(NCCCn1cc(N(c2cn(CCCNC(=O)C(F)(F)F)nn2)c2cn(CCCNC(=O)C(F)(F)F)nn2)nn1)C(F)(F)F. The maximum Gasteiger partial charge on any atom is 0.471 e. The Morgan fingerprint density at radius 3 is 1.04 bits per heavy atom. The first-order valence-corrected chi connectivity index (χ1v) is 13.0. The van der Waals surface area contributed by atoms with Crippen molar-refractivity contribution in [2.45, 2.75) is 57.4 Å². The first-order valence-electron chi connectivity index (χ1n) is 13.0. The highest BCUT2D eigenvalue weighted by molar-refractivity contribution is 5.82. The summed E-state index contributed by atoms with van der Waals surface area (Å²) in [7, 11) is 0. The van der Waals surface area contributed by atoms with E-state index >= 15 is 0 Å². The molecule has 16 nitrogen and oxygen atoms in total. The fourth-order valence-corrected chi connectivity index (χ4v) is 3.48. The third-order valence-electron chi connectivity index (χ3n) is 5.59. The molecule has 0 saturated heterocycles. The Hall–Kier alpha value is -5.00. The summed E-state index contributed by atoms with van der Waals surface area (Å²) in [6, 6.07) is 0. The van der Waals surface area contributed by atoms with Gasteiger partial charge in [0.1, 0.15) is 0 Å². The molecular weight excluding hydrogens is 653 g/mol. The molecule has 0 bridgehead atoms. The summed E-state index contributed by atoms with van der Waals surface area (Å²) in [5.74, 6) is -6.16. The van der Waals surface area contributed by atoms with Crippen LogP contribution in [0, 0.1) is 0 Å². The van der Waals surface area contributed by atoms with Gasteiger partial charge >= 0.3 is 36.3 Å². The van der Waals surface area contributed by atoms with E-state index in [0.717, 1.165) is 0 Å². The number of aromatic nitrogens is 9. The third kappa shape index (κ3) is 10.6. The molecule has 25 heteroatoms. The number of amides is 3. The van der Waals surface area contributed by atoms with Crippen LogP contribution in [-0.4, -0.2) is 101 Å². The normalized spacial score (nSPS) is 12.2. The molecule has 0 atom stereocenters. The first kappa shape index (κ1) is 35.5. The molecule has 0 aliphatic carbocycles. The second-order valence-corrected chi connectivity index (χ2v) is 9.18. The molecular formula is C21H24F9N13O3. The summed E-state index contributed by atoms with van der Waals surface area (Å²) >= 11 is 0. The lowest BCUT2D eigenvalue weighted by Crippen LogP contribution is -2.37. The van der Waals surface area contributed by atoms with Crippen molar-refractivity contribution in [2.24, 2.45) is 0 Å². The number of anilines is 3. The van der Waals surface area contributed by atoms with Gasteiger partial charge in [-0.1, -0.05) is 15.6 Å². The fraction of sp³-hybridized carbons (Fsp3) is 0.571. The van der Waals surface area contributed by atoms with Crippen LogP contribution in [0.25, 0.3) is 0 Å². The van der Waals surface area contributed by atoms with Gasteiger partial charge < -0.3 is 16.0 Å².